The van der Waals surface area contributed by atoms with E-state index in [1.807, 2.05) is 0 Å². The quantitative estimate of drug-likeness (QED) is 0.271. The topological polar surface area (TPSA) is 79.8 Å². The summed E-state index contributed by atoms with van der Waals surface area (Å²) in [6.07, 6.45) is 2.19. The Morgan fingerprint density at radius 1 is 1.11 bits per heavy atom. The number of ether oxygens (including phenoxy) is 2. The fourth-order valence-electron chi connectivity index (χ4n) is 6.62. The zero-order chi connectivity index (χ0) is 25.0. The first-order valence-electron chi connectivity index (χ1n) is 13.0. The third kappa shape index (κ3) is 6.96. The fraction of sp³-hybridized carbons (Fsp3) is 0.840. The molecular weight excluding hydrogens is 460 g/mol. The van der Waals surface area contributed by atoms with Gasteiger partial charge in [-0.1, -0.05) is 0 Å². The molecule has 6 nitrogen and oxygen atoms in total. The molecule has 10 heteroatoms. The molecule has 4 aliphatic rings. The summed E-state index contributed by atoms with van der Waals surface area (Å²) < 4.78 is 49.2. The van der Waals surface area contributed by atoms with Gasteiger partial charge in [0.25, 0.3) is 0 Å². The number of amides is 1. The van der Waals surface area contributed by atoms with Crippen LogP contribution in [0.5, 0.6) is 0 Å². The van der Waals surface area contributed by atoms with E-state index in [2.05, 4.69) is 23.5 Å². The van der Waals surface area contributed by atoms with Crippen LogP contribution in [0.25, 0.3) is 0 Å². The van der Waals surface area contributed by atoms with Gasteiger partial charge in [-0.3, -0.25) is 0 Å². The van der Waals surface area contributed by atoms with Crippen LogP contribution < -0.4 is 10.6 Å². The predicted molar refractivity (Wildman–Crippen MR) is 128 cm³/mol. The number of alkyl halides is 3. The van der Waals surface area contributed by atoms with Crippen molar-refractivity contribution in [2.24, 2.45) is 17.8 Å². The summed E-state index contributed by atoms with van der Waals surface area (Å²) in [7, 11) is 1.50. The van der Waals surface area contributed by atoms with E-state index >= 15 is 0 Å². The van der Waals surface area contributed by atoms with E-state index in [1.54, 1.807) is 0 Å². The summed E-state index contributed by atoms with van der Waals surface area (Å²) in [4.78, 5) is 13.3. The number of rotatable bonds is 8. The maximum atomic E-state index is 13.3. The zero-order valence-electron chi connectivity index (χ0n) is 20.5. The zero-order valence-corrected chi connectivity index (χ0v) is 20.5. The van der Waals surface area contributed by atoms with Crippen LogP contribution in [0, 0.1) is 17.8 Å². The van der Waals surface area contributed by atoms with Crippen LogP contribution in [0.3, 0.4) is 0 Å². The second kappa shape index (κ2) is 11.9. The molecule has 3 N–H and O–H groups in total. The Kier molecular flexibility index (Phi) is 9.11. The van der Waals surface area contributed by atoms with Gasteiger partial charge in [0.1, 0.15) is 0 Å². The Morgan fingerprint density at radius 3 is 2.54 bits per heavy atom. The fourth-order valence-corrected chi connectivity index (χ4v) is 6.62. The van der Waals surface area contributed by atoms with E-state index in [1.165, 1.54) is 18.3 Å². The number of halogens is 3. The van der Waals surface area contributed by atoms with Crippen molar-refractivity contribution in [1.29, 1.82) is 0 Å². The first-order valence-corrected chi connectivity index (χ1v) is 13.0. The molecule has 4 rings (SSSR count). The first-order chi connectivity index (χ1) is 16.7. The van der Waals surface area contributed by atoms with Gasteiger partial charge in [0.15, 0.2) is 6.79 Å². The van der Waals surface area contributed by atoms with E-state index < -0.39 is 18.5 Å². The van der Waals surface area contributed by atoms with Crippen LogP contribution in [0.15, 0.2) is 11.1 Å². The van der Waals surface area contributed by atoms with Crippen LogP contribution in [-0.2, 0) is 14.3 Å². The Balaban J connectivity index is 1.27. The number of carbonyl (C=O) groups excluding carboxylic acids is 1. The summed E-state index contributed by atoms with van der Waals surface area (Å²) in [5, 5.41) is 16.3. The second-order valence-electron chi connectivity index (χ2n) is 10.7. The van der Waals surface area contributed by atoms with Gasteiger partial charge in [-0.05, 0) is 0 Å². The van der Waals surface area contributed by atoms with Gasteiger partial charge in [0, 0.05) is 7.11 Å². The predicted octanol–water partition coefficient (Wildman–Crippen LogP) is 3.67. The average Bonchev–Trinajstić information content (AvgIpc) is 3.23. The normalized spacial score (nSPS) is 34.3. The van der Waals surface area contributed by atoms with Crippen LogP contribution in [0.4, 0.5) is 13.2 Å². The molecule has 35 heavy (non-hydrogen) atoms. The summed E-state index contributed by atoms with van der Waals surface area (Å²) in [5.74, 6) is 0.982. The summed E-state index contributed by atoms with van der Waals surface area (Å²) in [6, 6.07) is 0.197. The van der Waals surface area contributed by atoms with Crippen molar-refractivity contribution in [1.82, 2.24) is 10.6 Å². The van der Waals surface area contributed by atoms with Crippen molar-refractivity contribution in [2.45, 2.75) is 101 Å². The van der Waals surface area contributed by atoms with E-state index in [4.69, 9.17) is 9.47 Å². The minimum absolute atomic E-state index is 0.0171. The second-order valence-corrected chi connectivity index (χ2v) is 10.7. The first kappa shape index (κ1) is 26.8. The van der Waals surface area contributed by atoms with Gasteiger partial charge in [-0.25, -0.2) is 0 Å². The van der Waals surface area contributed by atoms with Crippen LogP contribution >= 0.6 is 0 Å². The van der Waals surface area contributed by atoms with Crippen LogP contribution in [-0.4, -0.2) is 62.5 Å². The summed E-state index contributed by atoms with van der Waals surface area (Å²) in [5.41, 5.74) is 2.76. The molecule has 0 bridgehead atoms. The van der Waals surface area contributed by atoms with Gasteiger partial charge < -0.3 is 4.74 Å². The van der Waals surface area contributed by atoms with Crippen molar-refractivity contribution in [3.8, 4) is 0 Å². The third-order valence-corrected chi connectivity index (χ3v) is 8.42. The molecule has 1 fully saturated rings. The van der Waals surface area contributed by atoms with Crippen molar-refractivity contribution in [3.63, 3.8) is 0 Å². The Bertz CT molecular complexity index is 798. The van der Waals surface area contributed by atoms with Gasteiger partial charge in [0.2, 0.25) is 0 Å². The molecule has 1 saturated carbocycles. The van der Waals surface area contributed by atoms with Crippen molar-refractivity contribution in [2.75, 3.05) is 13.9 Å². The van der Waals surface area contributed by atoms with Crippen molar-refractivity contribution in [3.05, 3.63) is 11.1 Å². The van der Waals surface area contributed by atoms with Gasteiger partial charge >= 0.3 is 187 Å². The number of aliphatic hydroxyl groups excluding tert-OH is 1. The molecule has 196 valence electrons. The van der Waals surface area contributed by atoms with Gasteiger partial charge in [-0.2, -0.15) is 0 Å². The number of carbonyl (C=O) groups is 1. The standard InChI is InChI=1S/C25H38BF3N2O4/c1-34-14-35-24(33)31-20-11-16-6-9-19(12-17(16)13-20)30-23(32)21-3-2-10-26-22(21)15-4-7-18(8-5-15)25(27,28)29/h10,15,18-22,24,31,33H,2-9,11-14H2,1H3,(H,30,32). The molecular formula is C25H38BF3N2O4. The van der Waals surface area contributed by atoms with Crippen molar-refractivity contribution >= 4 is 18.8 Å². The molecule has 0 aromatic carbocycles. The molecule has 1 heterocycles. The van der Waals surface area contributed by atoms with Crippen LogP contribution in [0.1, 0.15) is 70.6 Å². The molecule has 0 spiro atoms. The summed E-state index contributed by atoms with van der Waals surface area (Å²) >= 11 is 0. The molecule has 1 amide bonds. The molecule has 1 aliphatic heterocycles. The number of hydrogen-bond acceptors (Lipinski definition) is 5. The van der Waals surface area contributed by atoms with E-state index in [0.29, 0.717) is 12.8 Å². The molecule has 0 radical (unpaired) electrons. The minimum atomic E-state index is -4.11. The Hall–Kier alpha value is -1.23. The number of methoxy groups -OCH3 is 1. The molecule has 5 atom stereocenters. The average molecular weight is 498 g/mol. The number of hydrogen-bond donors (Lipinski definition) is 3. The molecule has 5 unspecified atom stereocenters. The van der Waals surface area contributed by atoms with E-state index in [9.17, 15) is 23.1 Å². The summed E-state index contributed by atoms with van der Waals surface area (Å²) in [6.45, 7) is 2.11. The SMILES string of the molecule is COCOC(O)NC1CC2=C(CC(NC(=O)C3CCC=BC3C3CCC(C(F)(F)F)CC3)CC2)C1. The maximum absolute atomic E-state index is 13.3. The van der Waals surface area contributed by atoms with E-state index in [0.717, 1.165) is 44.9 Å². The number of nitrogens with one attached hydrogen (secondary N) is 2. The molecule has 3 aliphatic carbocycles. The van der Waals surface area contributed by atoms with E-state index in [-0.39, 0.29) is 55.3 Å². The van der Waals surface area contributed by atoms with Crippen molar-refractivity contribution < 1.29 is 32.5 Å². The molecule has 0 aromatic rings. The number of aliphatic hydroxyl groups is 1. The molecule has 0 aromatic heterocycles. The third-order valence-electron chi connectivity index (χ3n) is 8.42. The monoisotopic (exact) mass is 498 g/mol. The van der Waals surface area contributed by atoms with Gasteiger partial charge in [0.05, 0.1) is 0 Å². The van der Waals surface area contributed by atoms with Crippen LogP contribution in [0.2, 0.25) is 5.82 Å². The molecule has 0 saturated heterocycles. The Morgan fingerprint density at radius 2 is 1.83 bits per heavy atom. The Labute approximate surface area is 206 Å². The van der Waals surface area contributed by atoms with Gasteiger partial charge in [-0.15, -0.1) is 0 Å².